The first-order valence-electron chi connectivity index (χ1n) is 10.6. The lowest BCUT2D eigenvalue weighted by Crippen LogP contribution is -2.30. The fraction of sp³-hybridized carbons (Fsp3) is 0.185. The molecule has 6 nitrogen and oxygen atoms in total. The Hall–Kier alpha value is -3.58. The number of rotatable bonds is 5. The number of hydrogen-bond donors (Lipinski definition) is 1. The number of anilines is 1. The van der Waals surface area contributed by atoms with Gasteiger partial charge in [-0.05, 0) is 77.3 Å². The molecule has 4 rings (SSSR count). The van der Waals surface area contributed by atoms with Crippen molar-refractivity contribution in [3.05, 3.63) is 93.0 Å². The van der Waals surface area contributed by atoms with Gasteiger partial charge >= 0.3 is 0 Å². The number of ketones is 1. The van der Waals surface area contributed by atoms with Crippen molar-refractivity contribution in [2.75, 3.05) is 19.1 Å². The van der Waals surface area contributed by atoms with Gasteiger partial charge in [0.1, 0.15) is 17.3 Å². The maximum absolute atomic E-state index is 13.4. The van der Waals surface area contributed by atoms with E-state index in [1.165, 1.54) is 12.0 Å². The Labute approximate surface area is 206 Å². The number of amides is 1. The number of carbonyl (C=O) groups is 2. The first-order valence-corrected chi connectivity index (χ1v) is 11.4. The number of aliphatic hydroxyl groups excluding tert-OH is 1. The fourth-order valence-corrected chi connectivity index (χ4v) is 4.79. The molecule has 0 aromatic heterocycles. The van der Waals surface area contributed by atoms with Crippen LogP contribution in [0.1, 0.15) is 28.3 Å². The Morgan fingerprint density at radius 2 is 1.74 bits per heavy atom. The van der Waals surface area contributed by atoms with E-state index in [9.17, 15) is 14.7 Å². The molecule has 0 spiro atoms. The molecule has 0 aliphatic carbocycles. The second kappa shape index (κ2) is 9.35. The highest BCUT2D eigenvalue weighted by Crippen LogP contribution is 2.44. The van der Waals surface area contributed by atoms with Gasteiger partial charge in [-0.1, -0.05) is 29.8 Å². The summed E-state index contributed by atoms with van der Waals surface area (Å²) in [5.74, 6) is -0.555. The molecule has 1 N–H and O–H groups in total. The molecule has 1 unspecified atom stereocenters. The monoisotopic (exact) mass is 521 g/mol. The molecule has 3 aromatic rings. The normalized spacial score (nSPS) is 17.2. The average Bonchev–Trinajstić information content (AvgIpc) is 3.09. The number of nitrogens with zero attached hydrogens (tertiary/aromatic N) is 1. The Bertz CT molecular complexity index is 1330. The Kier molecular flexibility index (Phi) is 6.48. The first kappa shape index (κ1) is 23.6. The third kappa shape index (κ3) is 4.07. The lowest BCUT2D eigenvalue weighted by Gasteiger charge is -2.27. The highest BCUT2D eigenvalue weighted by atomic mass is 79.9. The van der Waals surface area contributed by atoms with Gasteiger partial charge in [0.2, 0.25) is 0 Å². The number of carbonyl (C=O) groups excluding carboxylic acids is 2. The zero-order chi connectivity index (χ0) is 24.6. The Morgan fingerprint density at radius 1 is 0.971 bits per heavy atom. The topological polar surface area (TPSA) is 76.1 Å². The van der Waals surface area contributed by atoms with Crippen LogP contribution in [0.3, 0.4) is 0 Å². The van der Waals surface area contributed by atoms with Crippen LogP contribution in [0, 0.1) is 13.8 Å². The minimum atomic E-state index is -0.836. The van der Waals surface area contributed by atoms with Gasteiger partial charge in [0.25, 0.3) is 11.7 Å². The summed E-state index contributed by atoms with van der Waals surface area (Å²) in [6, 6.07) is 17.0. The van der Waals surface area contributed by atoms with E-state index in [1.54, 1.807) is 43.5 Å². The minimum absolute atomic E-state index is 0.00953. The van der Waals surface area contributed by atoms with E-state index >= 15 is 0 Å². The van der Waals surface area contributed by atoms with Gasteiger partial charge < -0.3 is 14.6 Å². The van der Waals surface area contributed by atoms with E-state index in [2.05, 4.69) is 15.9 Å². The predicted octanol–water partition coefficient (Wildman–Crippen LogP) is 5.71. The van der Waals surface area contributed by atoms with Crippen LogP contribution in [-0.2, 0) is 9.59 Å². The zero-order valence-corrected chi connectivity index (χ0v) is 20.8. The van der Waals surface area contributed by atoms with E-state index in [0.717, 1.165) is 11.1 Å². The van der Waals surface area contributed by atoms with E-state index < -0.39 is 17.7 Å². The molecule has 174 valence electrons. The van der Waals surface area contributed by atoms with Crippen LogP contribution in [0.15, 0.2) is 70.7 Å². The number of aliphatic hydroxyl groups is 1. The minimum Gasteiger partial charge on any atom is -0.507 e. The number of aryl methyl sites for hydroxylation is 2. The molecule has 0 bridgehead atoms. The highest BCUT2D eigenvalue weighted by molar-refractivity contribution is 9.10. The third-order valence-electron chi connectivity index (χ3n) is 5.89. The predicted molar refractivity (Wildman–Crippen MR) is 134 cm³/mol. The zero-order valence-electron chi connectivity index (χ0n) is 19.3. The van der Waals surface area contributed by atoms with Gasteiger partial charge in [-0.2, -0.15) is 0 Å². The second-order valence-corrected chi connectivity index (χ2v) is 8.94. The molecule has 1 saturated heterocycles. The quantitative estimate of drug-likeness (QED) is 0.264. The molecule has 0 radical (unpaired) electrons. The highest BCUT2D eigenvalue weighted by Gasteiger charge is 2.47. The van der Waals surface area contributed by atoms with Gasteiger partial charge in [0.05, 0.1) is 30.3 Å². The molecule has 1 aliphatic heterocycles. The molecular formula is C27H24BrNO5. The summed E-state index contributed by atoms with van der Waals surface area (Å²) in [5, 5.41) is 11.3. The summed E-state index contributed by atoms with van der Waals surface area (Å²) in [6.45, 7) is 3.86. The van der Waals surface area contributed by atoms with Crippen molar-refractivity contribution < 1.29 is 24.2 Å². The van der Waals surface area contributed by atoms with Crippen LogP contribution in [0.25, 0.3) is 5.76 Å². The summed E-state index contributed by atoms with van der Waals surface area (Å²) in [4.78, 5) is 28.2. The maximum Gasteiger partial charge on any atom is 0.300 e. The lowest BCUT2D eigenvalue weighted by atomic mass is 9.94. The second-order valence-electron chi connectivity index (χ2n) is 8.08. The number of halogens is 1. The summed E-state index contributed by atoms with van der Waals surface area (Å²) < 4.78 is 11.3. The van der Waals surface area contributed by atoms with Crippen LogP contribution in [-0.4, -0.2) is 31.0 Å². The molecule has 1 heterocycles. The standard InChI is InChI=1S/C27H24BrNO5/c1-15-8-10-21(16(2)12-15)29-24(17-6-5-7-19(13-17)33-3)23(26(31)27(29)32)25(30)18-9-11-22(34-4)20(28)14-18/h5-14,24,30H,1-4H3/b25-23+. The van der Waals surface area contributed by atoms with Gasteiger partial charge in [-0.3, -0.25) is 14.5 Å². The van der Waals surface area contributed by atoms with Gasteiger partial charge in [0.15, 0.2) is 0 Å². The van der Waals surface area contributed by atoms with E-state index in [0.29, 0.717) is 32.8 Å². The number of hydrogen-bond acceptors (Lipinski definition) is 5. The largest absolute Gasteiger partial charge is 0.507 e. The molecular weight excluding hydrogens is 498 g/mol. The van der Waals surface area contributed by atoms with Crippen molar-refractivity contribution in [2.24, 2.45) is 0 Å². The first-order chi connectivity index (χ1) is 16.3. The van der Waals surface area contributed by atoms with Crippen LogP contribution in [0.2, 0.25) is 0 Å². The Balaban J connectivity index is 1.97. The van der Waals surface area contributed by atoms with E-state index in [1.807, 2.05) is 38.1 Å². The molecule has 3 aromatic carbocycles. The smallest absolute Gasteiger partial charge is 0.300 e. The van der Waals surface area contributed by atoms with Gasteiger partial charge in [-0.25, -0.2) is 0 Å². The summed E-state index contributed by atoms with van der Waals surface area (Å²) >= 11 is 3.42. The van der Waals surface area contributed by atoms with Crippen LogP contribution in [0.5, 0.6) is 11.5 Å². The summed E-state index contributed by atoms with van der Waals surface area (Å²) in [6.07, 6.45) is 0. The summed E-state index contributed by atoms with van der Waals surface area (Å²) in [5.41, 5.74) is 3.54. The molecule has 1 amide bonds. The number of Topliss-reactive ketones (excluding diaryl/α,β-unsaturated/α-hetero) is 1. The van der Waals surface area contributed by atoms with Crippen molar-refractivity contribution in [1.82, 2.24) is 0 Å². The van der Waals surface area contributed by atoms with Crippen molar-refractivity contribution in [2.45, 2.75) is 19.9 Å². The lowest BCUT2D eigenvalue weighted by molar-refractivity contribution is -0.132. The SMILES string of the molecule is COc1cccc(C2/C(=C(\O)c3ccc(OC)c(Br)c3)C(=O)C(=O)N2c2ccc(C)cc2C)c1. The van der Waals surface area contributed by atoms with Crippen molar-refractivity contribution in [3.8, 4) is 11.5 Å². The van der Waals surface area contributed by atoms with Gasteiger partial charge in [0, 0.05) is 11.3 Å². The molecule has 1 aliphatic rings. The fourth-order valence-electron chi connectivity index (χ4n) is 4.25. The number of benzene rings is 3. The molecule has 7 heteroatoms. The third-order valence-corrected chi connectivity index (χ3v) is 6.51. The molecule has 0 saturated carbocycles. The molecule has 1 fully saturated rings. The van der Waals surface area contributed by atoms with Crippen molar-refractivity contribution >= 4 is 39.1 Å². The summed E-state index contributed by atoms with van der Waals surface area (Å²) in [7, 11) is 3.09. The number of ether oxygens (including phenoxy) is 2. The average molecular weight is 522 g/mol. The van der Waals surface area contributed by atoms with E-state index in [-0.39, 0.29) is 11.3 Å². The van der Waals surface area contributed by atoms with Crippen molar-refractivity contribution in [3.63, 3.8) is 0 Å². The van der Waals surface area contributed by atoms with Crippen LogP contribution in [0.4, 0.5) is 5.69 Å². The van der Waals surface area contributed by atoms with Crippen LogP contribution >= 0.6 is 15.9 Å². The maximum atomic E-state index is 13.4. The van der Waals surface area contributed by atoms with Crippen LogP contribution < -0.4 is 14.4 Å². The van der Waals surface area contributed by atoms with Crippen molar-refractivity contribution in [1.29, 1.82) is 0 Å². The molecule has 1 atom stereocenters. The molecule has 34 heavy (non-hydrogen) atoms. The number of methoxy groups -OCH3 is 2. The van der Waals surface area contributed by atoms with E-state index in [4.69, 9.17) is 9.47 Å². The van der Waals surface area contributed by atoms with Gasteiger partial charge in [-0.15, -0.1) is 0 Å². The Morgan fingerprint density at radius 3 is 2.38 bits per heavy atom.